The number of rotatable bonds is 8. The van der Waals surface area contributed by atoms with Gasteiger partial charge in [-0.1, -0.05) is 31.5 Å². The molecule has 31 heavy (non-hydrogen) atoms. The van der Waals surface area contributed by atoms with Crippen LogP contribution in [-0.4, -0.2) is 41.3 Å². The zero-order chi connectivity index (χ0) is 22.6. The lowest BCUT2D eigenvalue weighted by Gasteiger charge is -2.19. The zero-order valence-corrected chi connectivity index (χ0v) is 18.6. The maximum Gasteiger partial charge on any atom is 0.253 e. The molecule has 0 unspecified atom stereocenters. The van der Waals surface area contributed by atoms with Gasteiger partial charge in [0.15, 0.2) is 0 Å². The fraction of sp³-hybridized carbons (Fsp3) is 0.238. The number of benzene rings is 2. The molecule has 0 aliphatic heterocycles. The Morgan fingerprint density at radius 1 is 1.19 bits per heavy atom. The van der Waals surface area contributed by atoms with Gasteiger partial charge in [-0.25, -0.2) is 17.8 Å². The lowest BCUT2D eigenvalue weighted by atomic mass is 10.1. The second kappa shape index (κ2) is 9.59. The maximum atomic E-state index is 14.4. The molecule has 3 rings (SSSR count). The van der Waals surface area contributed by atoms with Crippen LogP contribution in [0.5, 0.6) is 0 Å². The van der Waals surface area contributed by atoms with E-state index >= 15 is 0 Å². The number of carbonyl (C=O) groups excluding carboxylic acids is 1. The Kier molecular flexibility index (Phi) is 7.09. The third kappa shape index (κ3) is 4.95. The third-order valence-corrected chi connectivity index (χ3v) is 7.15. The molecule has 1 amide bonds. The highest BCUT2D eigenvalue weighted by Gasteiger charge is 2.23. The van der Waals surface area contributed by atoms with Crippen LogP contribution in [0.3, 0.4) is 0 Å². The van der Waals surface area contributed by atoms with E-state index < -0.39 is 21.7 Å². The van der Waals surface area contributed by atoms with E-state index in [1.807, 2.05) is 0 Å². The average Bonchev–Trinajstić information content (AvgIpc) is 3.27. The van der Waals surface area contributed by atoms with E-state index in [-0.39, 0.29) is 22.0 Å². The smallest absolute Gasteiger partial charge is 0.253 e. The number of sulfonamides is 1. The molecule has 1 heterocycles. The monoisotopic (exact) mass is 464 g/mol. The second-order valence-electron chi connectivity index (χ2n) is 6.67. The summed E-state index contributed by atoms with van der Waals surface area (Å²) < 4.78 is 42.7. The van der Waals surface area contributed by atoms with Crippen LogP contribution < -0.4 is 5.32 Å². The van der Waals surface area contributed by atoms with Crippen molar-refractivity contribution in [2.75, 3.05) is 13.1 Å². The summed E-state index contributed by atoms with van der Waals surface area (Å²) in [7, 11) is -3.74. The molecule has 1 aromatic heterocycles. The van der Waals surface area contributed by atoms with Crippen LogP contribution >= 0.6 is 11.6 Å². The fourth-order valence-corrected chi connectivity index (χ4v) is 4.79. The van der Waals surface area contributed by atoms with Gasteiger partial charge in [-0.3, -0.25) is 4.79 Å². The van der Waals surface area contributed by atoms with Crippen molar-refractivity contribution in [2.24, 2.45) is 0 Å². The highest BCUT2D eigenvalue weighted by Crippen LogP contribution is 2.23. The van der Waals surface area contributed by atoms with Crippen LogP contribution in [0.4, 0.5) is 4.39 Å². The van der Waals surface area contributed by atoms with Gasteiger partial charge in [-0.15, -0.1) is 0 Å². The molecule has 1 N–H and O–H groups in total. The first-order valence-corrected chi connectivity index (χ1v) is 11.4. The summed E-state index contributed by atoms with van der Waals surface area (Å²) in [5, 5.41) is 2.78. The first kappa shape index (κ1) is 22.9. The summed E-state index contributed by atoms with van der Waals surface area (Å²) in [5.41, 5.74) is 0.910. The molecule has 164 valence electrons. The minimum absolute atomic E-state index is 0.0125. The molecule has 0 saturated carbocycles. The summed E-state index contributed by atoms with van der Waals surface area (Å²) in [4.78, 5) is 16.5. The molecule has 7 nitrogen and oxygen atoms in total. The van der Waals surface area contributed by atoms with Gasteiger partial charge in [0.1, 0.15) is 5.82 Å². The molecule has 2 aromatic carbocycles. The number of hydrogen-bond donors (Lipinski definition) is 1. The van der Waals surface area contributed by atoms with Crippen molar-refractivity contribution in [3.05, 3.63) is 77.1 Å². The number of halogens is 2. The van der Waals surface area contributed by atoms with Gasteiger partial charge in [0.05, 0.1) is 27.5 Å². The number of carbonyl (C=O) groups is 1. The molecule has 0 aliphatic carbocycles. The van der Waals surface area contributed by atoms with Crippen molar-refractivity contribution >= 4 is 27.5 Å². The van der Waals surface area contributed by atoms with Gasteiger partial charge in [0, 0.05) is 32.0 Å². The molecule has 0 fully saturated rings. The average molecular weight is 465 g/mol. The number of nitrogens with zero attached hydrogens (tertiary/aromatic N) is 3. The van der Waals surface area contributed by atoms with E-state index in [4.69, 9.17) is 11.6 Å². The number of amides is 1. The fourth-order valence-electron chi connectivity index (χ4n) is 3.10. The quantitative estimate of drug-likeness (QED) is 0.551. The molecule has 0 spiro atoms. The third-order valence-electron chi connectivity index (χ3n) is 4.77. The zero-order valence-electron chi connectivity index (χ0n) is 17.0. The van der Waals surface area contributed by atoms with E-state index in [0.29, 0.717) is 24.3 Å². The Morgan fingerprint density at radius 3 is 2.55 bits per heavy atom. The summed E-state index contributed by atoms with van der Waals surface area (Å²) in [5.74, 6) is -1.02. The van der Waals surface area contributed by atoms with Crippen LogP contribution in [-0.2, 0) is 16.6 Å². The van der Waals surface area contributed by atoms with Crippen molar-refractivity contribution in [3.8, 4) is 5.69 Å². The van der Waals surface area contributed by atoms with Gasteiger partial charge in [0.25, 0.3) is 5.91 Å². The van der Waals surface area contributed by atoms with Gasteiger partial charge in [0.2, 0.25) is 10.0 Å². The summed E-state index contributed by atoms with van der Waals surface area (Å²) in [6.45, 7) is 4.14. The van der Waals surface area contributed by atoms with Crippen molar-refractivity contribution in [3.63, 3.8) is 0 Å². The van der Waals surface area contributed by atoms with Gasteiger partial charge in [-0.05, 0) is 35.9 Å². The number of hydrogen-bond acceptors (Lipinski definition) is 4. The minimum atomic E-state index is -3.74. The van der Waals surface area contributed by atoms with Crippen LogP contribution in [0.2, 0.25) is 5.02 Å². The Labute approximate surface area is 185 Å². The van der Waals surface area contributed by atoms with Crippen LogP contribution in [0.15, 0.2) is 60.0 Å². The molecular formula is C21H22ClFN4O3S. The minimum Gasteiger partial charge on any atom is -0.348 e. The number of imidazole rings is 1. The van der Waals surface area contributed by atoms with Crippen molar-refractivity contribution in [1.82, 2.24) is 19.2 Å². The molecule has 0 bridgehead atoms. The Morgan fingerprint density at radius 2 is 1.94 bits per heavy atom. The largest absolute Gasteiger partial charge is 0.348 e. The van der Waals surface area contributed by atoms with Crippen LogP contribution in [0.1, 0.15) is 29.8 Å². The Hall–Kier alpha value is -2.75. The molecular weight excluding hydrogens is 443 g/mol. The lowest BCUT2D eigenvalue weighted by Crippen LogP contribution is -2.31. The highest BCUT2D eigenvalue weighted by molar-refractivity contribution is 7.89. The van der Waals surface area contributed by atoms with E-state index in [1.165, 1.54) is 34.9 Å². The maximum absolute atomic E-state index is 14.4. The first-order chi connectivity index (χ1) is 14.8. The van der Waals surface area contributed by atoms with Gasteiger partial charge in [-0.2, -0.15) is 4.31 Å². The Bertz CT molecular complexity index is 1180. The molecule has 3 aromatic rings. The van der Waals surface area contributed by atoms with E-state index in [2.05, 4.69) is 10.3 Å². The standard InChI is InChI=1S/C21H22ClFN4O3S/c1-3-27(4-2)31(29,30)16-6-7-18(22)17(12-16)21(28)25-13-15-5-8-20(19(23)11-15)26-10-9-24-14-26/h5-12,14H,3-4,13H2,1-2H3,(H,25,28). The molecule has 10 heteroatoms. The second-order valence-corrected chi connectivity index (χ2v) is 9.01. The van der Waals surface area contributed by atoms with Crippen LogP contribution in [0, 0.1) is 5.82 Å². The molecule has 0 atom stereocenters. The van der Waals surface area contributed by atoms with E-state index in [9.17, 15) is 17.6 Å². The van der Waals surface area contributed by atoms with E-state index in [0.717, 1.165) is 0 Å². The molecule has 0 aliphatic rings. The predicted molar refractivity (Wildman–Crippen MR) is 116 cm³/mol. The number of nitrogens with one attached hydrogen (secondary N) is 1. The summed E-state index contributed by atoms with van der Waals surface area (Å²) in [6.07, 6.45) is 4.66. The Balaban J connectivity index is 1.77. The summed E-state index contributed by atoms with van der Waals surface area (Å²) >= 11 is 6.14. The SMILES string of the molecule is CCN(CC)S(=O)(=O)c1ccc(Cl)c(C(=O)NCc2ccc(-n3ccnc3)c(F)c2)c1. The van der Waals surface area contributed by atoms with E-state index in [1.54, 1.807) is 42.9 Å². The van der Waals surface area contributed by atoms with Crippen molar-refractivity contribution in [1.29, 1.82) is 0 Å². The predicted octanol–water partition coefficient (Wildman–Crippen LogP) is 3.63. The van der Waals surface area contributed by atoms with Gasteiger partial charge >= 0.3 is 0 Å². The first-order valence-electron chi connectivity index (χ1n) is 9.62. The normalized spacial score (nSPS) is 11.6. The van der Waals surface area contributed by atoms with Crippen LogP contribution in [0.25, 0.3) is 5.69 Å². The molecule has 0 saturated heterocycles. The van der Waals surface area contributed by atoms with Crippen molar-refractivity contribution < 1.29 is 17.6 Å². The summed E-state index contributed by atoms with van der Waals surface area (Å²) in [6, 6.07) is 8.60. The highest BCUT2D eigenvalue weighted by atomic mass is 35.5. The number of aromatic nitrogens is 2. The topological polar surface area (TPSA) is 84.3 Å². The van der Waals surface area contributed by atoms with Gasteiger partial charge < -0.3 is 9.88 Å². The van der Waals surface area contributed by atoms with Crippen molar-refractivity contribution in [2.45, 2.75) is 25.3 Å². The molecule has 0 radical (unpaired) electrons. The lowest BCUT2D eigenvalue weighted by molar-refractivity contribution is 0.0951.